The molecular weight excluding hydrogens is 270 g/mol. The van der Waals surface area contributed by atoms with Gasteiger partial charge in [0.15, 0.2) is 0 Å². The van der Waals surface area contributed by atoms with Gasteiger partial charge in [-0.25, -0.2) is 9.78 Å². The number of rotatable bonds is 5. The maximum absolute atomic E-state index is 12.6. The summed E-state index contributed by atoms with van der Waals surface area (Å²) in [6.07, 6.45) is 6.61. The van der Waals surface area contributed by atoms with Crippen LogP contribution < -0.4 is 5.32 Å². The minimum Gasteiger partial charge on any atom is -0.328 e. The molecule has 0 aliphatic heterocycles. The maximum Gasteiger partial charge on any atom is 0.318 e. The van der Waals surface area contributed by atoms with Crippen LogP contribution in [0.4, 0.5) is 4.79 Å². The Hall–Kier alpha value is -1.10. The zero-order chi connectivity index (χ0) is 14.3. The van der Waals surface area contributed by atoms with Gasteiger partial charge in [0.25, 0.3) is 0 Å². The van der Waals surface area contributed by atoms with E-state index < -0.39 is 0 Å². The van der Waals surface area contributed by atoms with Crippen LogP contribution in [0.25, 0.3) is 0 Å². The lowest BCUT2D eigenvalue weighted by molar-refractivity contribution is 0.174. The molecule has 0 unspecified atom stereocenters. The Morgan fingerprint density at radius 1 is 1.40 bits per heavy atom. The standard InChI is InChI=1S/C15H23N3OS/c1-9(2)18(12-6-7-12)15(19)17-13(11-4-5-11)14-16-8-10(3)20-14/h8-9,11-13H,4-7H2,1-3H3,(H,17,19)/t13-/m0/s1. The monoisotopic (exact) mass is 293 g/mol. The highest BCUT2D eigenvalue weighted by Gasteiger charge is 2.39. The summed E-state index contributed by atoms with van der Waals surface area (Å²) in [6.45, 7) is 6.26. The fourth-order valence-electron chi connectivity index (χ4n) is 2.71. The van der Waals surface area contributed by atoms with Gasteiger partial charge in [-0.05, 0) is 52.4 Å². The highest BCUT2D eigenvalue weighted by atomic mass is 32.1. The van der Waals surface area contributed by atoms with Gasteiger partial charge >= 0.3 is 6.03 Å². The first-order chi connectivity index (χ1) is 9.56. The number of aryl methyl sites for hydroxylation is 1. The number of nitrogens with zero attached hydrogens (tertiary/aromatic N) is 2. The van der Waals surface area contributed by atoms with Crippen molar-refractivity contribution in [2.24, 2.45) is 5.92 Å². The van der Waals surface area contributed by atoms with Crippen LogP contribution in [-0.2, 0) is 0 Å². The lowest BCUT2D eigenvalue weighted by Gasteiger charge is -2.29. The lowest BCUT2D eigenvalue weighted by atomic mass is 10.2. The second-order valence-electron chi connectivity index (χ2n) is 6.31. The van der Waals surface area contributed by atoms with Crippen LogP contribution in [0.3, 0.4) is 0 Å². The van der Waals surface area contributed by atoms with Gasteiger partial charge in [0.05, 0.1) is 6.04 Å². The van der Waals surface area contributed by atoms with E-state index in [1.165, 1.54) is 17.7 Å². The zero-order valence-electron chi connectivity index (χ0n) is 12.4. The Morgan fingerprint density at radius 3 is 2.55 bits per heavy atom. The van der Waals surface area contributed by atoms with Gasteiger partial charge in [-0.2, -0.15) is 0 Å². The second kappa shape index (κ2) is 5.35. The molecule has 5 heteroatoms. The first-order valence-corrected chi connectivity index (χ1v) is 8.39. The summed E-state index contributed by atoms with van der Waals surface area (Å²) >= 11 is 1.71. The number of carbonyl (C=O) groups excluding carboxylic acids is 1. The maximum atomic E-state index is 12.6. The van der Waals surface area contributed by atoms with Gasteiger partial charge in [-0.1, -0.05) is 0 Å². The van der Waals surface area contributed by atoms with Crippen molar-refractivity contribution in [3.63, 3.8) is 0 Å². The van der Waals surface area contributed by atoms with E-state index in [1.54, 1.807) is 11.3 Å². The molecule has 0 bridgehead atoms. The van der Waals surface area contributed by atoms with E-state index in [0.717, 1.165) is 17.8 Å². The highest BCUT2D eigenvalue weighted by Crippen LogP contribution is 2.42. The Balaban J connectivity index is 1.71. The van der Waals surface area contributed by atoms with E-state index in [-0.39, 0.29) is 18.1 Å². The fourth-order valence-corrected chi connectivity index (χ4v) is 3.63. The molecule has 2 saturated carbocycles. The van der Waals surface area contributed by atoms with E-state index in [9.17, 15) is 4.79 Å². The summed E-state index contributed by atoms with van der Waals surface area (Å²) in [5, 5.41) is 4.31. The zero-order valence-corrected chi connectivity index (χ0v) is 13.2. The molecule has 1 aromatic heterocycles. The lowest BCUT2D eigenvalue weighted by Crippen LogP contribution is -2.46. The number of carbonyl (C=O) groups is 1. The largest absolute Gasteiger partial charge is 0.328 e. The van der Waals surface area contributed by atoms with Gasteiger partial charge in [0, 0.05) is 23.2 Å². The Bertz CT molecular complexity index is 489. The third kappa shape index (κ3) is 2.97. The number of urea groups is 1. The molecular formula is C15H23N3OS. The van der Waals surface area contributed by atoms with Crippen LogP contribution in [0.15, 0.2) is 6.20 Å². The van der Waals surface area contributed by atoms with Gasteiger partial charge < -0.3 is 10.2 Å². The number of hydrogen-bond donors (Lipinski definition) is 1. The average molecular weight is 293 g/mol. The molecule has 110 valence electrons. The molecule has 20 heavy (non-hydrogen) atoms. The Morgan fingerprint density at radius 2 is 2.10 bits per heavy atom. The molecule has 1 N–H and O–H groups in total. The molecule has 4 nitrogen and oxygen atoms in total. The number of amides is 2. The average Bonchev–Trinajstić information content (AvgIpc) is 3.26. The molecule has 0 radical (unpaired) electrons. The second-order valence-corrected chi connectivity index (χ2v) is 7.57. The van der Waals surface area contributed by atoms with Gasteiger partial charge in [-0.15, -0.1) is 11.3 Å². The van der Waals surface area contributed by atoms with Crippen molar-refractivity contribution < 1.29 is 4.79 Å². The molecule has 0 saturated heterocycles. The van der Waals surface area contributed by atoms with Crippen LogP contribution in [0.1, 0.15) is 55.5 Å². The van der Waals surface area contributed by atoms with Crippen molar-refractivity contribution in [3.05, 3.63) is 16.1 Å². The van der Waals surface area contributed by atoms with Crippen LogP contribution >= 0.6 is 11.3 Å². The first-order valence-electron chi connectivity index (χ1n) is 7.57. The molecule has 2 amide bonds. The van der Waals surface area contributed by atoms with E-state index in [0.29, 0.717) is 12.0 Å². The summed E-state index contributed by atoms with van der Waals surface area (Å²) in [7, 11) is 0. The van der Waals surface area contributed by atoms with E-state index in [2.05, 4.69) is 31.1 Å². The quantitative estimate of drug-likeness (QED) is 0.903. The van der Waals surface area contributed by atoms with E-state index in [1.807, 2.05) is 11.1 Å². The smallest absolute Gasteiger partial charge is 0.318 e. The molecule has 1 atom stereocenters. The van der Waals surface area contributed by atoms with Crippen LogP contribution in [-0.4, -0.2) is 28.0 Å². The van der Waals surface area contributed by atoms with Crippen molar-refractivity contribution in [2.45, 2.75) is 64.6 Å². The van der Waals surface area contributed by atoms with Crippen molar-refractivity contribution in [1.29, 1.82) is 0 Å². The molecule has 1 aromatic rings. The Kier molecular flexibility index (Phi) is 3.71. The molecule has 2 fully saturated rings. The topological polar surface area (TPSA) is 45.2 Å². The predicted octanol–water partition coefficient (Wildman–Crippen LogP) is 3.49. The van der Waals surface area contributed by atoms with Crippen molar-refractivity contribution in [1.82, 2.24) is 15.2 Å². The molecule has 3 rings (SSSR count). The van der Waals surface area contributed by atoms with Gasteiger partial charge in [0.2, 0.25) is 0 Å². The normalized spacial score (nSPS) is 20.0. The van der Waals surface area contributed by atoms with E-state index in [4.69, 9.17) is 0 Å². The molecule has 1 heterocycles. The summed E-state index contributed by atoms with van der Waals surface area (Å²) < 4.78 is 0. The summed E-state index contributed by atoms with van der Waals surface area (Å²) in [6, 6.07) is 0.918. The van der Waals surface area contributed by atoms with Crippen molar-refractivity contribution >= 4 is 17.4 Å². The molecule has 0 spiro atoms. The third-order valence-corrected chi connectivity index (χ3v) is 5.00. The highest BCUT2D eigenvalue weighted by molar-refractivity contribution is 7.11. The summed E-state index contributed by atoms with van der Waals surface area (Å²) in [4.78, 5) is 20.3. The van der Waals surface area contributed by atoms with Gasteiger partial charge in [0.1, 0.15) is 5.01 Å². The third-order valence-electron chi connectivity index (χ3n) is 4.01. The minimum absolute atomic E-state index is 0.0900. The number of nitrogens with one attached hydrogen (secondary N) is 1. The van der Waals surface area contributed by atoms with Crippen LogP contribution in [0.5, 0.6) is 0 Å². The molecule has 2 aliphatic carbocycles. The number of thiazole rings is 1. The van der Waals surface area contributed by atoms with E-state index >= 15 is 0 Å². The number of aromatic nitrogens is 1. The van der Waals surface area contributed by atoms with Crippen LogP contribution in [0, 0.1) is 12.8 Å². The molecule has 0 aromatic carbocycles. The van der Waals surface area contributed by atoms with Crippen LogP contribution in [0.2, 0.25) is 0 Å². The fraction of sp³-hybridized carbons (Fsp3) is 0.733. The Labute approximate surface area is 124 Å². The minimum atomic E-state index is 0.0900. The predicted molar refractivity (Wildman–Crippen MR) is 80.8 cm³/mol. The number of hydrogen-bond acceptors (Lipinski definition) is 3. The first kappa shape index (κ1) is 13.9. The summed E-state index contributed by atoms with van der Waals surface area (Å²) in [5.74, 6) is 0.581. The van der Waals surface area contributed by atoms with Gasteiger partial charge in [-0.3, -0.25) is 0 Å². The molecule has 2 aliphatic rings. The summed E-state index contributed by atoms with van der Waals surface area (Å²) in [5.41, 5.74) is 0. The SMILES string of the molecule is Cc1cnc([C@@H](NC(=O)N(C(C)C)C2CC2)C2CC2)s1. The van der Waals surface area contributed by atoms with Crippen molar-refractivity contribution in [3.8, 4) is 0 Å². The van der Waals surface area contributed by atoms with Crippen molar-refractivity contribution in [2.75, 3.05) is 0 Å².